The van der Waals surface area contributed by atoms with Crippen molar-refractivity contribution >= 4 is 17.5 Å². The number of carboxylic acids is 1. The highest BCUT2D eigenvalue weighted by Gasteiger charge is 2.17. The van der Waals surface area contributed by atoms with E-state index in [9.17, 15) is 14.9 Å². The third-order valence-electron chi connectivity index (χ3n) is 2.52. The van der Waals surface area contributed by atoms with Crippen LogP contribution in [0, 0.1) is 16.0 Å². The van der Waals surface area contributed by atoms with E-state index < -0.39 is 10.9 Å². The minimum absolute atomic E-state index is 0.122. The van der Waals surface area contributed by atoms with Crippen LogP contribution in [-0.4, -0.2) is 40.7 Å². The molecule has 0 aliphatic heterocycles. The topological polar surface area (TPSA) is 115 Å². The van der Waals surface area contributed by atoms with Crippen molar-refractivity contribution in [1.29, 1.82) is 0 Å². The van der Waals surface area contributed by atoms with Crippen molar-refractivity contribution in [3.05, 3.63) is 27.9 Å². The Balaban J connectivity index is 2.54. The zero-order chi connectivity index (χ0) is 15.8. The number of nitro groups is 1. The molecule has 21 heavy (non-hydrogen) atoms. The quantitative estimate of drug-likeness (QED) is 0.407. The van der Waals surface area contributed by atoms with Gasteiger partial charge in [-0.2, -0.15) is 0 Å². The molecule has 1 rings (SSSR count). The highest BCUT2D eigenvalue weighted by atomic mass is 16.6. The van der Waals surface area contributed by atoms with Crippen LogP contribution in [0.15, 0.2) is 12.3 Å². The fraction of sp³-hybridized carbons (Fsp3) is 0.538. The summed E-state index contributed by atoms with van der Waals surface area (Å²) in [6, 6.07) is 0.993. The van der Waals surface area contributed by atoms with Gasteiger partial charge in [0.25, 0.3) is 5.69 Å². The van der Waals surface area contributed by atoms with Gasteiger partial charge in [-0.15, -0.1) is 0 Å². The number of pyridine rings is 1. The smallest absolute Gasteiger partial charge is 0.339 e. The average Bonchev–Trinajstić information content (AvgIpc) is 2.42. The van der Waals surface area contributed by atoms with Crippen molar-refractivity contribution in [2.24, 2.45) is 5.92 Å². The molecule has 0 fully saturated rings. The van der Waals surface area contributed by atoms with Crippen LogP contribution in [0.25, 0.3) is 0 Å². The van der Waals surface area contributed by atoms with Crippen molar-refractivity contribution < 1.29 is 19.6 Å². The maximum absolute atomic E-state index is 11.1. The van der Waals surface area contributed by atoms with Crippen LogP contribution in [0.2, 0.25) is 0 Å². The number of ether oxygens (including phenoxy) is 1. The molecule has 0 aliphatic rings. The Morgan fingerprint density at radius 2 is 2.29 bits per heavy atom. The van der Waals surface area contributed by atoms with Crippen LogP contribution < -0.4 is 5.32 Å². The van der Waals surface area contributed by atoms with E-state index in [4.69, 9.17) is 9.84 Å². The molecule has 0 spiro atoms. The fourth-order valence-electron chi connectivity index (χ4n) is 1.56. The van der Waals surface area contributed by atoms with E-state index in [1.165, 1.54) is 0 Å². The Labute approximate surface area is 122 Å². The lowest BCUT2D eigenvalue weighted by molar-refractivity contribution is -0.385. The molecule has 0 aliphatic carbocycles. The van der Waals surface area contributed by atoms with Crippen molar-refractivity contribution in [2.75, 3.05) is 25.1 Å². The van der Waals surface area contributed by atoms with Gasteiger partial charge in [0.15, 0.2) is 0 Å². The van der Waals surface area contributed by atoms with Crippen LogP contribution in [0.3, 0.4) is 0 Å². The molecule has 0 saturated carbocycles. The van der Waals surface area contributed by atoms with Crippen molar-refractivity contribution in [2.45, 2.75) is 20.3 Å². The second-order valence-corrected chi connectivity index (χ2v) is 4.90. The summed E-state index contributed by atoms with van der Waals surface area (Å²) in [6.45, 7) is 5.82. The second kappa shape index (κ2) is 8.15. The first-order valence-corrected chi connectivity index (χ1v) is 6.61. The number of nitrogens with one attached hydrogen (secondary N) is 1. The molecule has 8 heteroatoms. The van der Waals surface area contributed by atoms with Crippen LogP contribution in [-0.2, 0) is 4.74 Å². The number of aromatic nitrogens is 1. The third-order valence-corrected chi connectivity index (χ3v) is 2.52. The van der Waals surface area contributed by atoms with E-state index in [0.29, 0.717) is 32.1 Å². The zero-order valence-electron chi connectivity index (χ0n) is 12.0. The van der Waals surface area contributed by atoms with Gasteiger partial charge < -0.3 is 15.2 Å². The van der Waals surface area contributed by atoms with Gasteiger partial charge in [0.2, 0.25) is 0 Å². The van der Waals surface area contributed by atoms with Gasteiger partial charge in [-0.05, 0) is 12.3 Å². The Kier molecular flexibility index (Phi) is 6.54. The number of nitrogens with zero attached hydrogens (tertiary/aromatic N) is 2. The Morgan fingerprint density at radius 1 is 1.57 bits per heavy atom. The molecular weight excluding hydrogens is 278 g/mol. The van der Waals surface area contributed by atoms with Crippen LogP contribution >= 0.6 is 0 Å². The summed E-state index contributed by atoms with van der Waals surface area (Å²) < 4.78 is 5.40. The first kappa shape index (κ1) is 16.8. The molecule has 2 N–H and O–H groups in total. The molecule has 0 saturated heterocycles. The summed E-state index contributed by atoms with van der Waals surface area (Å²) in [5.41, 5.74) is -0.564. The lowest BCUT2D eigenvalue weighted by Crippen LogP contribution is -2.12. The molecule has 1 aromatic rings. The molecule has 1 heterocycles. The van der Waals surface area contributed by atoms with E-state index in [-0.39, 0.29) is 17.1 Å². The normalized spacial score (nSPS) is 10.6. The standard InChI is InChI=1S/C13H19N3O5/c1-9(2)8-21-5-3-4-14-12-11(13(17)18)6-10(7-15-12)16(19)20/h6-7,9H,3-5,8H2,1-2H3,(H,14,15)(H,17,18). The lowest BCUT2D eigenvalue weighted by atomic mass is 10.2. The van der Waals surface area contributed by atoms with Gasteiger partial charge in [0, 0.05) is 25.8 Å². The van der Waals surface area contributed by atoms with Gasteiger partial charge in [0.1, 0.15) is 17.6 Å². The second-order valence-electron chi connectivity index (χ2n) is 4.90. The van der Waals surface area contributed by atoms with Gasteiger partial charge in [-0.25, -0.2) is 9.78 Å². The Morgan fingerprint density at radius 3 is 2.86 bits per heavy atom. The first-order chi connectivity index (χ1) is 9.91. The summed E-state index contributed by atoms with van der Waals surface area (Å²) in [6.07, 6.45) is 1.72. The summed E-state index contributed by atoms with van der Waals surface area (Å²) in [4.78, 5) is 24.8. The van der Waals surface area contributed by atoms with Gasteiger partial charge in [0.05, 0.1) is 4.92 Å². The minimum Gasteiger partial charge on any atom is -0.478 e. The van der Waals surface area contributed by atoms with Crippen LogP contribution in [0.4, 0.5) is 11.5 Å². The van der Waals surface area contributed by atoms with Gasteiger partial charge in [-0.1, -0.05) is 13.8 Å². The molecule has 1 aromatic heterocycles. The highest BCUT2D eigenvalue weighted by molar-refractivity contribution is 5.93. The fourth-order valence-corrected chi connectivity index (χ4v) is 1.56. The SMILES string of the molecule is CC(C)COCCCNc1ncc([N+](=O)[O-])cc1C(=O)O. The van der Waals surface area contributed by atoms with Gasteiger partial charge in [-0.3, -0.25) is 10.1 Å². The number of carbonyl (C=O) groups is 1. The number of rotatable bonds is 9. The van der Waals surface area contributed by atoms with E-state index in [1.807, 2.05) is 0 Å². The molecule has 116 valence electrons. The maximum Gasteiger partial charge on any atom is 0.339 e. The molecule has 0 unspecified atom stereocenters. The molecule has 0 bridgehead atoms. The first-order valence-electron chi connectivity index (χ1n) is 6.61. The molecule has 8 nitrogen and oxygen atoms in total. The van der Waals surface area contributed by atoms with Crippen LogP contribution in [0.5, 0.6) is 0 Å². The predicted molar refractivity (Wildman–Crippen MR) is 76.6 cm³/mol. The van der Waals surface area contributed by atoms with E-state index in [0.717, 1.165) is 12.3 Å². The molecule has 0 aromatic carbocycles. The molecule has 0 atom stereocenters. The maximum atomic E-state index is 11.1. The predicted octanol–water partition coefficient (Wildman–Crippen LogP) is 2.16. The summed E-state index contributed by atoms with van der Waals surface area (Å²) in [7, 11) is 0. The molecule has 0 amide bonds. The summed E-state index contributed by atoms with van der Waals surface area (Å²) in [5, 5.41) is 22.5. The Hall–Kier alpha value is -2.22. The molecule has 0 radical (unpaired) electrons. The largest absolute Gasteiger partial charge is 0.478 e. The van der Waals surface area contributed by atoms with Crippen LogP contribution in [0.1, 0.15) is 30.6 Å². The number of anilines is 1. The van der Waals surface area contributed by atoms with E-state index in [2.05, 4.69) is 24.1 Å². The van der Waals surface area contributed by atoms with E-state index >= 15 is 0 Å². The Bertz CT molecular complexity index is 505. The summed E-state index contributed by atoms with van der Waals surface area (Å²) >= 11 is 0. The van der Waals surface area contributed by atoms with Crippen molar-refractivity contribution in [1.82, 2.24) is 4.98 Å². The number of hydrogen-bond donors (Lipinski definition) is 2. The number of carboxylic acid groups (broad SMARTS) is 1. The van der Waals surface area contributed by atoms with E-state index in [1.54, 1.807) is 0 Å². The van der Waals surface area contributed by atoms with Gasteiger partial charge >= 0.3 is 5.97 Å². The van der Waals surface area contributed by atoms with Crippen molar-refractivity contribution in [3.63, 3.8) is 0 Å². The zero-order valence-corrected chi connectivity index (χ0v) is 12.0. The monoisotopic (exact) mass is 297 g/mol. The minimum atomic E-state index is -1.26. The molecular formula is C13H19N3O5. The average molecular weight is 297 g/mol. The third kappa shape index (κ3) is 5.74. The van der Waals surface area contributed by atoms with Crippen molar-refractivity contribution in [3.8, 4) is 0 Å². The lowest BCUT2D eigenvalue weighted by Gasteiger charge is -2.09. The number of aromatic carboxylic acids is 1. The highest BCUT2D eigenvalue weighted by Crippen LogP contribution is 2.19. The number of hydrogen-bond acceptors (Lipinski definition) is 6. The summed E-state index contributed by atoms with van der Waals surface area (Å²) in [5.74, 6) is -0.672.